The van der Waals surface area contributed by atoms with Gasteiger partial charge in [0.2, 0.25) is 5.91 Å². The number of H-pyrrole nitrogens is 1. The standard InChI is InChI=1S/C15H13N3O2S/c1-8-5-11(7-16-14(8)20)10-3-4-12-13(6-10)21-15(18-12)17-9(2)19/h3-7H,1-2H3,(H,16,20)(H,17,18,19). The maximum absolute atomic E-state index is 11.4. The first-order valence-electron chi connectivity index (χ1n) is 6.41. The molecule has 5 nitrogen and oxygen atoms in total. The molecule has 0 atom stereocenters. The van der Waals surface area contributed by atoms with Crippen molar-refractivity contribution in [2.45, 2.75) is 13.8 Å². The molecule has 0 unspecified atom stereocenters. The van der Waals surface area contributed by atoms with Crippen molar-refractivity contribution in [3.05, 3.63) is 46.4 Å². The Balaban J connectivity index is 2.05. The molecule has 1 aromatic carbocycles. The minimum atomic E-state index is -0.134. The van der Waals surface area contributed by atoms with Crippen LogP contribution in [0.25, 0.3) is 21.3 Å². The largest absolute Gasteiger partial charge is 0.328 e. The first kappa shape index (κ1) is 13.5. The van der Waals surface area contributed by atoms with E-state index in [1.54, 1.807) is 13.1 Å². The fraction of sp³-hybridized carbons (Fsp3) is 0.133. The van der Waals surface area contributed by atoms with Crippen molar-refractivity contribution < 1.29 is 4.79 Å². The third-order valence-electron chi connectivity index (χ3n) is 3.09. The van der Waals surface area contributed by atoms with E-state index < -0.39 is 0 Å². The lowest BCUT2D eigenvalue weighted by Crippen LogP contribution is -2.07. The van der Waals surface area contributed by atoms with Crippen LogP contribution >= 0.6 is 11.3 Å². The number of nitrogens with zero attached hydrogens (tertiary/aromatic N) is 1. The summed E-state index contributed by atoms with van der Waals surface area (Å²) in [5.41, 5.74) is 3.39. The Morgan fingerprint density at radius 3 is 2.81 bits per heavy atom. The molecule has 0 radical (unpaired) electrons. The van der Waals surface area contributed by atoms with Gasteiger partial charge in [0.1, 0.15) is 0 Å². The lowest BCUT2D eigenvalue weighted by molar-refractivity contribution is -0.114. The van der Waals surface area contributed by atoms with E-state index in [0.29, 0.717) is 10.7 Å². The molecule has 2 heterocycles. The molecule has 0 aliphatic heterocycles. The molecule has 2 N–H and O–H groups in total. The zero-order valence-electron chi connectivity index (χ0n) is 11.6. The molecular formula is C15H13N3O2S. The van der Waals surface area contributed by atoms with Crippen LogP contribution in [0.2, 0.25) is 0 Å². The fourth-order valence-corrected chi connectivity index (χ4v) is 3.02. The quantitative estimate of drug-likeness (QED) is 0.764. The molecule has 106 valence electrons. The Bertz CT molecular complexity index is 895. The van der Waals surface area contributed by atoms with E-state index in [1.165, 1.54) is 18.3 Å². The average Bonchev–Trinajstić information content (AvgIpc) is 2.82. The maximum Gasteiger partial charge on any atom is 0.250 e. The molecule has 2 aromatic heterocycles. The summed E-state index contributed by atoms with van der Waals surface area (Å²) in [6.45, 7) is 3.24. The normalized spacial score (nSPS) is 10.8. The highest BCUT2D eigenvalue weighted by Crippen LogP contribution is 2.30. The van der Waals surface area contributed by atoms with Gasteiger partial charge in [-0.05, 0) is 36.2 Å². The highest BCUT2D eigenvalue weighted by Gasteiger charge is 2.07. The second-order valence-corrected chi connectivity index (χ2v) is 5.81. The topological polar surface area (TPSA) is 74.8 Å². The second-order valence-electron chi connectivity index (χ2n) is 4.78. The van der Waals surface area contributed by atoms with E-state index >= 15 is 0 Å². The van der Waals surface area contributed by atoms with E-state index in [-0.39, 0.29) is 11.5 Å². The van der Waals surface area contributed by atoms with Crippen LogP contribution in [0.1, 0.15) is 12.5 Å². The van der Waals surface area contributed by atoms with Crippen LogP contribution in [0.3, 0.4) is 0 Å². The third kappa shape index (κ3) is 2.71. The van der Waals surface area contributed by atoms with Crippen LogP contribution in [0.4, 0.5) is 5.13 Å². The van der Waals surface area contributed by atoms with Crippen LogP contribution in [0, 0.1) is 6.92 Å². The molecule has 0 bridgehead atoms. The summed E-state index contributed by atoms with van der Waals surface area (Å²) in [6.07, 6.45) is 1.70. The summed E-state index contributed by atoms with van der Waals surface area (Å²) in [6, 6.07) is 7.72. The Morgan fingerprint density at radius 2 is 2.10 bits per heavy atom. The van der Waals surface area contributed by atoms with Crippen LogP contribution in [0.15, 0.2) is 35.3 Å². The molecule has 3 rings (SSSR count). The van der Waals surface area contributed by atoms with Crippen molar-refractivity contribution in [3.63, 3.8) is 0 Å². The van der Waals surface area contributed by atoms with Gasteiger partial charge >= 0.3 is 0 Å². The number of hydrogen-bond acceptors (Lipinski definition) is 4. The predicted molar refractivity (Wildman–Crippen MR) is 84.7 cm³/mol. The van der Waals surface area contributed by atoms with Crippen molar-refractivity contribution in [1.29, 1.82) is 0 Å². The average molecular weight is 299 g/mol. The summed E-state index contributed by atoms with van der Waals surface area (Å²) in [4.78, 5) is 29.6. The highest BCUT2D eigenvalue weighted by molar-refractivity contribution is 7.22. The molecule has 21 heavy (non-hydrogen) atoms. The first-order valence-corrected chi connectivity index (χ1v) is 7.22. The number of nitrogens with one attached hydrogen (secondary N) is 2. The SMILES string of the molecule is CC(=O)Nc1nc2ccc(-c3c[nH]c(=O)c(C)c3)cc2s1. The second kappa shape index (κ2) is 5.14. The summed E-state index contributed by atoms with van der Waals surface area (Å²) in [5.74, 6) is -0.134. The molecule has 0 saturated heterocycles. The monoisotopic (exact) mass is 299 g/mol. The number of amides is 1. The van der Waals surface area contributed by atoms with Gasteiger partial charge in [0.15, 0.2) is 5.13 Å². The summed E-state index contributed by atoms with van der Waals surface area (Å²) < 4.78 is 0.986. The predicted octanol–water partition coefficient (Wildman–Crippen LogP) is 2.92. The highest BCUT2D eigenvalue weighted by atomic mass is 32.1. The Kier molecular flexibility index (Phi) is 3.31. The Morgan fingerprint density at radius 1 is 1.29 bits per heavy atom. The Hall–Kier alpha value is -2.47. The van der Waals surface area contributed by atoms with Crippen molar-refractivity contribution in [3.8, 4) is 11.1 Å². The minimum Gasteiger partial charge on any atom is -0.328 e. The summed E-state index contributed by atoms with van der Waals surface area (Å²) >= 11 is 1.43. The van der Waals surface area contributed by atoms with Crippen LogP contribution < -0.4 is 10.9 Å². The lowest BCUT2D eigenvalue weighted by Gasteiger charge is -2.02. The van der Waals surface area contributed by atoms with Gasteiger partial charge in [0, 0.05) is 18.7 Å². The fourth-order valence-electron chi connectivity index (χ4n) is 2.07. The zero-order chi connectivity index (χ0) is 15.0. The molecule has 6 heteroatoms. The molecule has 1 amide bonds. The smallest absolute Gasteiger partial charge is 0.250 e. The van der Waals surface area contributed by atoms with Crippen LogP contribution in [0.5, 0.6) is 0 Å². The molecule has 0 spiro atoms. The molecule has 0 fully saturated rings. The van der Waals surface area contributed by atoms with Gasteiger partial charge in [-0.2, -0.15) is 0 Å². The van der Waals surface area contributed by atoms with Gasteiger partial charge < -0.3 is 10.3 Å². The lowest BCUT2D eigenvalue weighted by atomic mass is 10.1. The molecule has 0 aliphatic carbocycles. The van der Waals surface area contributed by atoms with Gasteiger partial charge in [0.25, 0.3) is 5.56 Å². The maximum atomic E-state index is 11.4. The number of aryl methyl sites for hydroxylation is 1. The van der Waals surface area contributed by atoms with Gasteiger partial charge in [-0.1, -0.05) is 17.4 Å². The first-order chi connectivity index (χ1) is 10.0. The van der Waals surface area contributed by atoms with Crippen molar-refractivity contribution in [2.75, 3.05) is 5.32 Å². The molecular weight excluding hydrogens is 286 g/mol. The van der Waals surface area contributed by atoms with Gasteiger partial charge in [0.05, 0.1) is 10.2 Å². The van der Waals surface area contributed by atoms with Crippen molar-refractivity contribution in [2.24, 2.45) is 0 Å². The molecule has 3 aromatic rings. The van der Waals surface area contributed by atoms with Gasteiger partial charge in [-0.25, -0.2) is 4.98 Å². The van der Waals surface area contributed by atoms with E-state index in [9.17, 15) is 9.59 Å². The number of anilines is 1. The number of rotatable bonds is 2. The number of benzene rings is 1. The zero-order valence-corrected chi connectivity index (χ0v) is 12.4. The minimum absolute atomic E-state index is 0.0782. The van der Waals surface area contributed by atoms with Crippen molar-refractivity contribution in [1.82, 2.24) is 9.97 Å². The Labute approximate surface area is 124 Å². The van der Waals surface area contributed by atoms with Gasteiger partial charge in [-0.15, -0.1) is 0 Å². The number of fused-ring (bicyclic) bond motifs is 1. The number of hydrogen-bond donors (Lipinski definition) is 2. The van der Waals surface area contributed by atoms with E-state index in [4.69, 9.17) is 0 Å². The number of aromatic amines is 1. The molecule has 0 saturated carbocycles. The van der Waals surface area contributed by atoms with E-state index in [2.05, 4.69) is 15.3 Å². The molecule has 0 aliphatic rings. The van der Waals surface area contributed by atoms with E-state index in [1.807, 2.05) is 24.3 Å². The van der Waals surface area contributed by atoms with Gasteiger partial charge in [-0.3, -0.25) is 9.59 Å². The van der Waals surface area contributed by atoms with Crippen LogP contribution in [-0.4, -0.2) is 15.9 Å². The number of pyridine rings is 1. The number of thiazole rings is 1. The van der Waals surface area contributed by atoms with Crippen molar-refractivity contribution >= 4 is 32.6 Å². The van der Waals surface area contributed by atoms with Crippen LogP contribution in [-0.2, 0) is 4.79 Å². The number of aromatic nitrogens is 2. The summed E-state index contributed by atoms with van der Waals surface area (Å²) in [5, 5.41) is 3.28. The third-order valence-corrected chi connectivity index (χ3v) is 4.03. The van der Waals surface area contributed by atoms with E-state index in [0.717, 1.165) is 21.3 Å². The number of carbonyl (C=O) groups excluding carboxylic acids is 1. The summed E-state index contributed by atoms with van der Waals surface area (Å²) in [7, 11) is 0. The number of carbonyl (C=O) groups is 1.